The molecular formula is C14H19F2N3O2. The topological polar surface area (TPSA) is 67.2 Å². The summed E-state index contributed by atoms with van der Waals surface area (Å²) in [5.74, 6) is -0.414. The highest BCUT2D eigenvalue weighted by atomic mass is 19.3. The number of alkyl halides is 2. The quantitative estimate of drug-likeness (QED) is 0.838. The minimum atomic E-state index is -2.55. The molecule has 2 aliphatic carbocycles. The first kappa shape index (κ1) is 14.4. The Bertz CT molecular complexity index is 536. The number of hydrogen-bond donors (Lipinski definition) is 2. The summed E-state index contributed by atoms with van der Waals surface area (Å²) in [4.78, 5) is 12.1. The van der Waals surface area contributed by atoms with E-state index < -0.39 is 24.5 Å². The molecule has 0 aliphatic heterocycles. The lowest BCUT2D eigenvalue weighted by molar-refractivity contribution is -0.0948. The SMILES string of the molecule is O=C(NCC1(C2(O)CCC2)CC1)c1ccnn1CC(F)F. The molecule has 0 aromatic carbocycles. The van der Waals surface area contributed by atoms with E-state index in [0.717, 1.165) is 36.8 Å². The maximum absolute atomic E-state index is 12.4. The molecule has 2 N–H and O–H groups in total. The lowest BCUT2D eigenvalue weighted by Crippen LogP contribution is -2.51. The molecule has 0 spiro atoms. The highest BCUT2D eigenvalue weighted by molar-refractivity contribution is 5.92. The van der Waals surface area contributed by atoms with Crippen molar-refractivity contribution >= 4 is 5.91 Å². The smallest absolute Gasteiger partial charge is 0.269 e. The van der Waals surface area contributed by atoms with Crippen LogP contribution in [0.4, 0.5) is 8.78 Å². The molecular weight excluding hydrogens is 280 g/mol. The monoisotopic (exact) mass is 299 g/mol. The molecule has 116 valence electrons. The van der Waals surface area contributed by atoms with Gasteiger partial charge in [0.1, 0.15) is 12.2 Å². The van der Waals surface area contributed by atoms with Crippen LogP contribution < -0.4 is 5.32 Å². The molecule has 0 radical (unpaired) electrons. The fourth-order valence-corrected chi connectivity index (χ4v) is 3.14. The van der Waals surface area contributed by atoms with E-state index in [2.05, 4.69) is 10.4 Å². The average Bonchev–Trinajstić information content (AvgIpc) is 3.06. The average molecular weight is 299 g/mol. The Balaban J connectivity index is 1.61. The molecule has 0 atom stereocenters. The number of nitrogens with zero attached hydrogens (tertiary/aromatic N) is 2. The van der Waals surface area contributed by atoms with Crippen molar-refractivity contribution in [1.29, 1.82) is 0 Å². The number of halogens is 2. The first-order chi connectivity index (χ1) is 9.96. The van der Waals surface area contributed by atoms with Gasteiger partial charge in [-0.2, -0.15) is 5.10 Å². The van der Waals surface area contributed by atoms with Crippen LogP contribution in [0.1, 0.15) is 42.6 Å². The highest BCUT2D eigenvalue weighted by Crippen LogP contribution is 2.60. The summed E-state index contributed by atoms with van der Waals surface area (Å²) < 4.78 is 25.8. The van der Waals surface area contributed by atoms with Gasteiger partial charge in [0.05, 0.1) is 5.60 Å². The minimum Gasteiger partial charge on any atom is -0.389 e. The summed E-state index contributed by atoms with van der Waals surface area (Å²) in [5, 5.41) is 17.0. The van der Waals surface area contributed by atoms with Gasteiger partial charge in [-0.15, -0.1) is 0 Å². The van der Waals surface area contributed by atoms with E-state index in [9.17, 15) is 18.7 Å². The van der Waals surface area contributed by atoms with Crippen LogP contribution in [-0.4, -0.2) is 39.4 Å². The second-order valence-electron chi connectivity index (χ2n) is 6.14. The van der Waals surface area contributed by atoms with E-state index in [1.807, 2.05) is 0 Å². The molecule has 1 aromatic rings. The van der Waals surface area contributed by atoms with Gasteiger partial charge in [0, 0.05) is 18.2 Å². The van der Waals surface area contributed by atoms with Crippen LogP contribution in [0.25, 0.3) is 0 Å². The van der Waals surface area contributed by atoms with Crippen LogP contribution in [0.2, 0.25) is 0 Å². The molecule has 2 saturated carbocycles. The Morgan fingerprint density at radius 1 is 1.43 bits per heavy atom. The van der Waals surface area contributed by atoms with Crippen LogP contribution in [0, 0.1) is 5.41 Å². The van der Waals surface area contributed by atoms with E-state index in [4.69, 9.17) is 0 Å². The van der Waals surface area contributed by atoms with Gasteiger partial charge in [-0.1, -0.05) is 0 Å². The lowest BCUT2D eigenvalue weighted by atomic mass is 9.69. The zero-order chi connectivity index (χ0) is 15.1. The molecule has 1 amide bonds. The first-order valence-corrected chi connectivity index (χ1v) is 7.26. The number of amides is 1. The second-order valence-corrected chi connectivity index (χ2v) is 6.14. The Morgan fingerprint density at radius 3 is 2.67 bits per heavy atom. The maximum atomic E-state index is 12.4. The van der Waals surface area contributed by atoms with Gasteiger partial charge < -0.3 is 10.4 Å². The van der Waals surface area contributed by atoms with Gasteiger partial charge in [0.2, 0.25) is 0 Å². The Labute approximate surface area is 121 Å². The van der Waals surface area contributed by atoms with Gasteiger partial charge in [-0.05, 0) is 38.2 Å². The zero-order valence-corrected chi connectivity index (χ0v) is 11.7. The second kappa shape index (κ2) is 5.05. The van der Waals surface area contributed by atoms with Gasteiger partial charge >= 0.3 is 0 Å². The van der Waals surface area contributed by atoms with Gasteiger partial charge in [-0.3, -0.25) is 9.48 Å². The standard InChI is InChI=1S/C14H19F2N3O2/c15-11(16)8-19-10(2-7-18-19)12(20)17-9-13(5-6-13)14(21)3-1-4-14/h2,7,11,21H,1,3-6,8-9H2,(H,17,20). The third kappa shape index (κ3) is 2.54. The molecule has 0 unspecified atom stereocenters. The summed E-state index contributed by atoms with van der Waals surface area (Å²) >= 11 is 0. The van der Waals surface area contributed by atoms with Gasteiger partial charge in [-0.25, -0.2) is 8.78 Å². The number of aliphatic hydroxyl groups is 1. The van der Waals surface area contributed by atoms with Gasteiger partial charge in [0.15, 0.2) is 0 Å². The van der Waals surface area contributed by atoms with Crippen molar-refractivity contribution < 1.29 is 18.7 Å². The molecule has 0 bridgehead atoms. The van der Waals surface area contributed by atoms with E-state index >= 15 is 0 Å². The maximum Gasteiger partial charge on any atom is 0.269 e. The summed E-state index contributed by atoms with van der Waals surface area (Å²) in [7, 11) is 0. The van der Waals surface area contributed by atoms with Gasteiger partial charge in [0.25, 0.3) is 12.3 Å². The summed E-state index contributed by atoms with van der Waals surface area (Å²) in [6.45, 7) is -0.201. The molecule has 1 heterocycles. The molecule has 1 aromatic heterocycles. The van der Waals surface area contributed by atoms with Crippen LogP contribution >= 0.6 is 0 Å². The third-order valence-electron chi connectivity index (χ3n) is 4.87. The first-order valence-electron chi connectivity index (χ1n) is 7.26. The molecule has 2 aliphatic rings. The van der Waals surface area contributed by atoms with E-state index in [0.29, 0.717) is 6.54 Å². The number of carbonyl (C=O) groups is 1. The fraction of sp³-hybridized carbons (Fsp3) is 0.714. The Hall–Kier alpha value is -1.50. The molecule has 2 fully saturated rings. The Kier molecular flexibility index (Phi) is 3.47. The summed E-state index contributed by atoms with van der Waals surface area (Å²) in [5.41, 5.74) is -0.732. The van der Waals surface area contributed by atoms with E-state index in [-0.39, 0.29) is 11.1 Å². The predicted molar refractivity (Wildman–Crippen MR) is 71.0 cm³/mol. The Morgan fingerprint density at radius 2 is 2.14 bits per heavy atom. The van der Waals surface area contributed by atoms with Crippen molar-refractivity contribution in [2.24, 2.45) is 5.41 Å². The fourth-order valence-electron chi connectivity index (χ4n) is 3.14. The lowest BCUT2D eigenvalue weighted by Gasteiger charge is -2.44. The zero-order valence-electron chi connectivity index (χ0n) is 11.7. The number of nitrogens with one attached hydrogen (secondary N) is 1. The molecule has 3 rings (SSSR count). The van der Waals surface area contributed by atoms with Crippen molar-refractivity contribution in [1.82, 2.24) is 15.1 Å². The van der Waals surface area contributed by atoms with Crippen molar-refractivity contribution in [3.63, 3.8) is 0 Å². The molecule has 0 saturated heterocycles. The minimum absolute atomic E-state index is 0.131. The predicted octanol–water partition coefficient (Wildman–Crippen LogP) is 1.57. The molecule has 5 nitrogen and oxygen atoms in total. The third-order valence-corrected chi connectivity index (χ3v) is 4.87. The summed E-state index contributed by atoms with van der Waals surface area (Å²) in [6.07, 6.45) is 3.18. The number of carbonyl (C=O) groups excluding carboxylic acids is 1. The van der Waals surface area contributed by atoms with Crippen molar-refractivity contribution in [2.75, 3.05) is 6.54 Å². The van der Waals surface area contributed by atoms with Crippen LogP contribution in [0.3, 0.4) is 0 Å². The number of rotatable bonds is 6. The molecule has 21 heavy (non-hydrogen) atoms. The normalized spacial score (nSPS) is 21.9. The largest absolute Gasteiger partial charge is 0.389 e. The van der Waals surface area contributed by atoms with Crippen LogP contribution in [-0.2, 0) is 6.54 Å². The molecule has 7 heteroatoms. The van der Waals surface area contributed by atoms with Crippen molar-refractivity contribution in [3.8, 4) is 0 Å². The van der Waals surface area contributed by atoms with Crippen molar-refractivity contribution in [2.45, 2.75) is 50.7 Å². The van der Waals surface area contributed by atoms with Crippen molar-refractivity contribution in [3.05, 3.63) is 18.0 Å². The van der Waals surface area contributed by atoms with Crippen LogP contribution in [0.5, 0.6) is 0 Å². The highest BCUT2D eigenvalue weighted by Gasteiger charge is 2.60. The van der Waals surface area contributed by atoms with E-state index in [1.165, 1.54) is 12.3 Å². The number of hydrogen-bond acceptors (Lipinski definition) is 3. The van der Waals surface area contributed by atoms with E-state index in [1.54, 1.807) is 0 Å². The number of aromatic nitrogens is 2. The van der Waals surface area contributed by atoms with Crippen LogP contribution in [0.15, 0.2) is 12.3 Å². The summed E-state index contributed by atoms with van der Waals surface area (Å²) in [6, 6.07) is 1.43.